The average molecular weight is 144 g/mol. The van der Waals surface area contributed by atoms with Crippen molar-refractivity contribution in [2.75, 3.05) is 0 Å². The first kappa shape index (κ1) is 6.16. The Kier molecular flexibility index (Phi) is 1.25. The van der Waals surface area contributed by atoms with Crippen molar-refractivity contribution in [1.29, 1.82) is 0 Å². The van der Waals surface area contributed by atoms with Gasteiger partial charge in [0.15, 0.2) is 6.20 Å². The van der Waals surface area contributed by atoms with Gasteiger partial charge in [0.05, 0.1) is 0 Å². The van der Waals surface area contributed by atoms with E-state index in [1.54, 1.807) is 24.3 Å². The van der Waals surface area contributed by atoms with E-state index < -0.39 is 0 Å². The van der Waals surface area contributed by atoms with Crippen molar-refractivity contribution in [3.8, 4) is 0 Å². The minimum Gasteiger partial charge on any atom is -0.618 e. The first-order chi connectivity index (χ1) is 5.38. The number of hydrogen-bond acceptors (Lipinski definition) is 1. The molecule has 0 aliphatic rings. The number of aromatic nitrogens is 1. The number of benzene rings is 1. The lowest BCUT2D eigenvalue weighted by atomic mass is 10.2. The van der Waals surface area contributed by atoms with E-state index in [9.17, 15) is 5.21 Å². The van der Waals surface area contributed by atoms with Gasteiger partial charge in [-0.05, 0) is 24.3 Å². The van der Waals surface area contributed by atoms with Gasteiger partial charge in [0.2, 0.25) is 5.52 Å². The molecule has 1 aromatic carbocycles. The van der Waals surface area contributed by atoms with Crippen LogP contribution in [-0.4, -0.2) is 0 Å². The van der Waals surface area contributed by atoms with E-state index in [2.05, 4.69) is 6.07 Å². The summed E-state index contributed by atoms with van der Waals surface area (Å²) in [7, 11) is 0. The molecule has 0 amide bonds. The van der Waals surface area contributed by atoms with E-state index in [0.717, 1.165) is 10.1 Å². The summed E-state index contributed by atoms with van der Waals surface area (Å²) < 4.78 is 0.850. The van der Waals surface area contributed by atoms with Gasteiger partial charge in [0.25, 0.3) is 0 Å². The van der Waals surface area contributed by atoms with Crippen LogP contribution in [0, 0.1) is 11.3 Å². The lowest BCUT2D eigenvalue weighted by Gasteiger charge is -1.98. The second kappa shape index (κ2) is 2.23. The smallest absolute Gasteiger partial charge is 0.223 e. The Balaban J connectivity index is 2.91. The lowest BCUT2D eigenvalue weighted by molar-refractivity contribution is -0.577. The fraction of sp³-hybridized carbons (Fsp3) is 0. The number of nitrogens with zero attached hydrogens (tertiary/aromatic N) is 1. The van der Waals surface area contributed by atoms with Crippen molar-refractivity contribution in [2.24, 2.45) is 0 Å². The summed E-state index contributed by atoms with van der Waals surface area (Å²) in [4.78, 5) is 0. The molecule has 1 heterocycles. The van der Waals surface area contributed by atoms with Gasteiger partial charge >= 0.3 is 0 Å². The fourth-order valence-electron chi connectivity index (χ4n) is 1.07. The zero-order valence-electron chi connectivity index (χ0n) is 5.82. The molecule has 1 aromatic heterocycles. The predicted octanol–water partition coefficient (Wildman–Crippen LogP) is 1.27. The molecule has 0 aliphatic heterocycles. The first-order valence-corrected chi connectivity index (χ1v) is 3.36. The van der Waals surface area contributed by atoms with Crippen molar-refractivity contribution >= 4 is 10.9 Å². The summed E-state index contributed by atoms with van der Waals surface area (Å²) in [6, 6.07) is 11.8. The Labute approximate surface area is 64.3 Å². The maximum Gasteiger partial charge on any atom is 0.223 e. The van der Waals surface area contributed by atoms with Crippen LogP contribution in [0.1, 0.15) is 0 Å². The maximum atomic E-state index is 11.1. The van der Waals surface area contributed by atoms with Crippen molar-refractivity contribution in [3.05, 3.63) is 47.8 Å². The molecule has 2 heteroatoms. The van der Waals surface area contributed by atoms with E-state index in [1.165, 1.54) is 6.20 Å². The standard InChI is InChI=1S/C9H6NO/c11-10-7-3-5-8-4-1-2-6-9(8)10/h2-7H. The van der Waals surface area contributed by atoms with Gasteiger partial charge in [-0.3, -0.25) is 0 Å². The molecule has 0 unspecified atom stereocenters. The van der Waals surface area contributed by atoms with Crippen LogP contribution in [0.4, 0.5) is 0 Å². The number of hydrogen-bond donors (Lipinski definition) is 0. The maximum absolute atomic E-state index is 11.1. The topological polar surface area (TPSA) is 26.9 Å². The summed E-state index contributed by atoms with van der Waals surface area (Å²) in [5, 5.41) is 12.0. The third kappa shape index (κ3) is 0.923. The van der Waals surface area contributed by atoms with Crippen LogP contribution < -0.4 is 4.73 Å². The second-order valence-electron chi connectivity index (χ2n) is 2.32. The van der Waals surface area contributed by atoms with Crippen molar-refractivity contribution in [3.63, 3.8) is 0 Å². The van der Waals surface area contributed by atoms with Crippen molar-refractivity contribution < 1.29 is 4.73 Å². The zero-order valence-corrected chi connectivity index (χ0v) is 5.82. The van der Waals surface area contributed by atoms with Crippen LogP contribution >= 0.6 is 0 Å². The Morgan fingerprint density at radius 3 is 3.09 bits per heavy atom. The molecule has 2 nitrogen and oxygen atoms in total. The Hall–Kier alpha value is -1.57. The SMILES string of the molecule is [O-][n+]1cccc2c[c]ccc21. The summed E-state index contributed by atoms with van der Waals surface area (Å²) in [5.74, 6) is 0. The Morgan fingerprint density at radius 2 is 2.27 bits per heavy atom. The van der Waals surface area contributed by atoms with Crippen molar-refractivity contribution in [2.45, 2.75) is 0 Å². The molecule has 0 saturated carbocycles. The monoisotopic (exact) mass is 144 g/mol. The highest BCUT2D eigenvalue weighted by atomic mass is 16.5. The third-order valence-corrected chi connectivity index (χ3v) is 1.61. The van der Waals surface area contributed by atoms with Crippen LogP contribution in [0.15, 0.2) is 36.5 Å². The van der Waals surface area contributed by atoms with E-state index >= 15 is 0 Å². The molecule has 11 heavy (non-hydrogen) atoms. The third-order valence-electron chi connectivity index (χ3n) is 1.61. The molecule has 0 fully saturated rings. The highest BCUT2D eigenvalue weighted by Gasteiger charge is 1.98. The predicted molar refractivity (Wildman–Crippen MR) is 41.7 cm³/mol. The van der Waals surface area contributed by atoms with Gasteiger partial charge in [-0.2, -0.15) is 4.73 Å². The van der Waals surface area contributed by atoms with Crippen LogP contribution in [0.5, 0.6) is 0 Å². The highest BCUT2D eigenvalue weighted by Crippen LogP contribution is 2.06. The van der Waals surface area contributed by atoms with Gasteiger partial charge in [0, 0.05) is 17.5 Å². The van der Waals surface area contributed by atoms with Gasteiger partial charge in [0.1, 0.15) is 0 Å². The number of rotatable bonds is 0. The molecule has 2 aromatic rings. The minimum atomic E-state index is 0.686. The van der Waals surface area contributed by atoms with Crippen LogP contribution in [0.25, 0.3) is 10.9 Å². The summed E-state index contributed by atoms with van der Waals surface area (Å²) in [6.45, 7) is 0. The Bertz CT molecular complexity index is 379. The molecule has 53 valence electrons. The summed E-state index contributed by atoms with van der Waals surface area (Å²) >= 11 is 0. The molecule has 2 rings (SSSR count). The summed E-state index contributed by atoms with van der Waals surface area (Å²) in [5.41, 5.74) is 0.686. The van der Waals surface area contributed by atoms with Crippen molar-refractivity contribution in [1.82, 2.24) is 0 Å². The minimum absolute atomic E-state index is 0.686. The first-order valence-electron chi connectivity index (χ1n) is 3.36. The molecular weight excluding hydrogens is 138 g/mol. The molecule has 0 saturated heterocycles. The summed E-state index contributed by atoms with van der Waals surface area (Å²) in [6.07, 6.45) is 1.49. The highest BCUT2D eigenvalue weighted by molar-refractivity contribution is 5.74. The molecular formula is C9H6NO. The van der Waals surface area contributed by atoms with E-state index in [-0.39, 0.29) is 0 Å². The van der Waals surface area contributed by atoms with Gasteiger partial charge in [-0.1, -0.05) is 0 Å². The number of pyridine rings is 1. The largest absolute Gasteiger partial charge is 0.618 e. The Morgan fingerprint density at radius 1 is 1.36 bits per heavy atom. The fourth-order valence-corrected chi connectivity index (χ4v) is 1.07. The molecule has 0 aliphatic carbocycles. The van der Waals surface area contributed by atoms with Gasteiger partial charge < -0.3 is 5.21 Å². The van der Waals surface area contributed by atoms with Crippen LogP contribution in [0.3, 0.4) is 0 Å². The lowest BCUT2D eigenvalue weighted by Crippen LogP contribution is -2.25. The molecule has 0 N–H and O–H groups in total. The van der Waals surface area contributed by atoms with Gasteiger partial charge in [-0.25, -0.2) is 0 Å². The number of fused-ring (bicyclic) bond motifs is 1. The molecule has 1 radical (unpaired) electrons. The average Bonchev–Trinajstić information content (AvgIpc) is 2.06. The quantitative estimate of drug-likeness (QED) is 0.404. The zero-order chi connectivity index (χ0) is 7.68. The van der Waals surface area contributed by atoms with Gasteiger partial charge in [-0.15, -0.1) is 0 Å². The molecule has 0 bridgehead atoms. The molecule has 0 atom stereocenters. The van der Waals surface area contributed by atoms with E-state index in [1.807, 2.05) is 6.07 Å². The molecule has 0 spiro atoms. The van der Waals surface area contributed by atoms with E-state index in [0.29, 0.717) is 5.52 Å². The van der Waals surface area contributed by atoms with Crippen LogP contribution in [-0.2, 0) is 0 Å². The van der Waals surface area contributed by atoms with Crippen LogP contribution in [0.2, 0.25) is 0 Å². The van der Waals surface area contributed by atoms with E-state index in [4.69, 9.17) is 0 Å². The second-order valence-corrected chi connectivity index (χ2v) is 2.32. The normalized spacial score (nSPS) is 10.2.